The lowest BCUT2D eigenvalue weighted by Crippen LogP contribution is -2.45. The molecule has 1 heterocycles. The average Bonchev–Trinajstić information content (AvgIpc) is 2.46. The Kier molecular flexibility index (Phi) is 6.96. The van der Waals surface area contributed by atoms with E-state index in [1.807, 2.05) is 19.1 Å². The average molecular weight is 357 g/mol. The number of ether oxygens (including phenoxy) is 2. The van der Waals surface area contributed by atoms with E-state index in [2.05, 4.69) is 38.8 Å². The molecule has 21 heavy (non-hydrogen) atoms. The smallest absolute Gasteiger partial charge is 0.122 e. The van der Waals surface area contributed by atoms with Gasteiger partial charge in [0.05, 0.1) is 13.2 Å². The van der Waals surface area contributed by atoms with Crippen molar-refractivity contribution in [2.75, 3.05) is 59.6 Å². The summed E-state index contributed by atoms with van der Waals surface area (Å²) in [6.45, 7) is 9.71. The summed E-state index contributed by atoms with van der Waals surface area (Å²) in [5.74, 6) is 0.931. The maximum atomic E-state index is 5.73. The second kappa shape index (κ2) is 8.73. The molecule has 0 radical (unpaired) electrons. The molecule has 0 bridgehead atoms. The highest BCUT2D eigenvalue weighted by atomic mass is 79.9. The van der Waals surface area contributed by atoms with Crippen molar-refractivity contribution in [3.8, 4) is 5.75 Å². The Balaban J connectivity index is 1.54. The number of piperazine rings is 1. The van der Waals surface area contributed by atoms with Gasteiger partial charge in [0.25, 0.3) is 0 Å². The Morgan fingerprint density at radius 1 is 1.10 bits per heavy atom. The number of aryl methyl sites for hydroxylation is 1. The third-order valence-electron chi connectivity index (χ3n) is 3.77. The Hall–Kier alpha value is -0.620. The van der Waals surface area contributed by atoms with Crippen LogP contribution in [0, 0.1) is 6.92 Å². The minimum Gasteiger partial charge on any atom is -0.491 e. The van der Waals surface area contributed by atoms with Gasteiger partial charge in [0, 0.05) is 37.2 Å². The van der Waals surface area contributed by atoms with Crippen LogP contribution in [0.25, 0.3) is 0 Å². The predicted molar refractivity (Wildman–Crippen MR) is 89.1 cm³/mol. The van der Waals surface area contributed by atoms with Crippen molar-refractivity contribution in [1.82, 2.24) is 9.80 Å². The van der Waals surface area contributed by atoms with Crippen molar-refractivity contribution >= 4 is 15.9 Å². The van der Waals surface area contributed by atoms with Gasteiger partial charge in [-0.2, -0.15) is 0 Å². The van der Waals surface area contributed by atoms with Crippen molar-refractivity contribution < 1.29 is 9.47 Å². The molecular formula is C16H25BrN2O2. The molecule has 1 aromatic rings. The molecule has 0 spiro atoms. The summed E-state index contributed by atoms with van der Waals surface area (Å²) in [7, 11) is 2.18. The first-order valence-electron chi connectivity index (χ1n) is 7.53. The van der Waals surface area contributed by atoms with Crippen LogP contribution >= 0.6 is 15.9 Å². The fourth-order valence-electron chi connectivity index (χ4n) is 2.35. The standard InChI is InChI=1S/C16H25BrN2O2/c1-14-13-15(17)3-4-16(14)21-12-11-20-10-9-19-7-5-18(2)6-8-19/h3-4,13H,5-12H2,1-2H3. The van der Waals surface area contributed by atoms with Crippen molar-refractivity contribution in [3.05, 3.63) is 28.2 Å². The zero-order valence-electron chi connectivity index (χ0n) is 13.0. The molecule has 1 aromatic carbocycles. The fourth-order valence-corrected chi connectivity index (χ4v) is 2.83. The van der Waals surface area contributed by atoms with Crippen LogP contribution in [0.4, 0.5) is 0 Å². The van der Waals surface area contributed by atoms with Crippen molar-refractivity contribution in [2.45, 2.75) is 6.92 Å². The summed E-state index contributed by atoms with van der Waals surface area (Å²) >= 11 is 3.45. The summed E-state index contributed by atoms with van der Waals surface area (Å²) < 4.78 is 12.5. The van der Waals surface area contributed by atoms with Crippen LogP contribution in [0.2, 0.25) is 0 Å². The van der Waals surface area contributed by atoms with Crippen LogP contribution in [-0.2, 0) is 4.74 Å². The molecule has 1 saturated heterocycles. The lowest BCUT2D eigenvalue weighted by Gasteiger charge is -2.32. The number of nitrogens with zero attached hydrogens (tertiary/aromatic N) is 2. The summed E-state index contributed by atoms with van der Waals surface area (Å²) in [4.78, 5) is 4.82. The maximum Gasteiger partial charge on any atom is 0.122 e. The van der Waals surface area contributed by atoms with Crippen LogP contribution < -0.4 is 4.74 Å². The van der Waals surface area contributed by atoms with Gasteiger partial charge in [-0.05, 0) is 37.7 Å². The number of hydrogen-bond donors (Lipinski definition) is 0. The molecule has 0 aromatic heterocycles. The third kappa shape index (κ3) is 5.94. The molecule has 1 fully saturated rings. The molecular weight excluding hydrogens is 332 g/mol. The molecule has 0 N–H and O–H groups in total. The van der Waals surface area contributed by atoms with E-state index in [0.717, 1.165) is 55.1 Å². The zero-order valence-corrected chi connectivity index (χ0v) is 14.6. The molecule has 0 amide bonds. The van der Waals surface area contributed by atoms with Gasteiger partial charge in [-0.1, -0.05) is 15.9 Å². The molecule has 1 aliphatic heterocycles. The lowest BCUT2D eigenvalue weighted by molar-refractivity contribution is 0.0657. The Bertz CT molecular complexity index is 434. The van der Waals surface area contributed by atoms with E-state index in [0.29, 0.717) is 13.2 Å². The largest absolute Gasteiger partial charge is 0.491 e. The molecule has 118 valence electrons. The van der Waals surface area contributed by atoms with Gasteiger partial charge < -0.3 is 14.4 Å². The first-order chi connectivity index (χ1) is 10.1. The Morgan fingerprint density at radius 3 is 2.57 bits per heavy atom. The fraction of sp³-hybridized carbons (Fsp3) is 0.625. The summed E-state index contributed by atoms with van der Waals surface area (Å²) in [6.07, 6.45) is 0. The van der Waals surface area contributed by atoms with Crippen LogP contribution in [0.3, 0.4) is 0 Å². The van der Waals surface area contributed by atoms with Crippen LogP contribution in [-0.4, -0.2) is 69.4 Å². The number of likely N-dealkylation sites (N-methyl/N-ethyl adjacent to an activating group) is 1. The molecule has 0 atom stereocenters. The molecule has 0 saturated carbocycles. The minimum atomic E-state index is 0.602. The van der Waals surface area contributed by atoms with Crippen LogP contribution in [0.15, 0.2) is 22.7 Å². The molecule has 5 heteroatoms. The summed E-state index contributed by atoms with van der Waals surface area (Å²) in [6, 6.07) is 6.05. The van der Waals surface area contributed by atoms with E-state index >= 15 is 0 Å². The van der Waals surface area contributed by atoms with E-state index in [1.54, 1.807) is 0 Å². The molecule has 2 rings (SSSR count). The maximum absolute atomic E-state index is 5.73. The van der Waals surface area contributed by atoms with Gasteiger partial charge >= 0.3 is 0 Å². The second-order valence-corrected chi connectivity index (χ2v) is 6.43. The first-order valence-corrected chi connectivity index (χ1v) is 8.32. The molecule has 4 nitrogen and oxygen atoms in total. The van der Waals surface area contributed by atoms with Crippen molar-refractivity contribution in [2.24, 2.45) is 0 Å². The SMILES string of the molecule is Cc1cc(Br)ccc1OCCOCCN1CCN(C)CC1. The number of halogens is 1. The number of benzene rings is 1. The summed E-state index contributed by atoms with van der Waals surface area (Å²) in [5.41, 5.74) is 1.14. The molecule has 0 aliphatic carbocycles. The molecule has 1 aliphatic rings. The van der Waals surface area contributed by atoms with Gasteiger partial charge in [0.1, 0.15) is 12.4 Å². The number of hydrogen-bond acceptors (Lipinski definition) is 4. The van der Waals surface area contributed by atoms with E-state index in [1.165, 1.54) is 0 Å². The van der Waals surface area contributed by atoms with Gasteiger partial charge in [-0.15, -0.1) is 0 Å². The van der Waals surface area contributed by atoms with E-state index in [-0.39, 0.29) is 0 Å². The predicted octanol–water partition coefficient (Wildman–Crippen LogP) is 2.40. The van der Waals surface area contributed by atoms with E-state index in [4.69, 9.17) is 9.47 Å². The van der Waals surface area contributed by atoms with Gasteiger partial charge in [-0.3, -0.25) is 4.90 Å². The summed E-state index contributed by atoms with van der Waals surface area (Å²) in [5, 5.41) is 0. The lowest BCUT2D eigenvalue weighted by atomic mass is 10.2. The zero-order chi connectivity index (χ0) is 15.1. The van der Waals surface area contributed by atoms with Crippen molar-refractivity contribution in [1.29, 1.82) is 0 Å². The van der Waals surface area contributed by atoms with Gasteiger partial charge in [-0.25, -0.2) is 0 Å². The second-order valence-electron chi connectivity index (χ2n) is 5.52. The quantitative estimate of drug-likeness (QED) is 0.700. The monoisotopic (exact) mass is 356 g/mol. The van der Waals surface area contributed by atoms with Crippen LogP contribution in [0.5, 0.6) is 5.75 Å². The third-order valence-corrected chi connectivity index (χ3v) is 4.26. The van der Waals surface area contributed by atoms with Gasteiger partial charge in [0.2, 0.25) is 0 Å². The minimum absolute atomic E-state index is 0.602. The highest BCUT2D eigenvalue weighted by Crippen LogP contribution is 2.21. The number of rotatable bonds is 7. The van der Waals surface area contributed by atoms with E-state index in [9.17, 15) is 0 Å². The Morgan fingerprint density at radius 2 is 1.86 bits per heavy atom. The van der Waals surface area contributed by atoms with Crippen LogP contribution in [0.1, 0.15) is 5.56 Å². The highest BCUT2D eigenvalue weighted by molar-refractivity contribution is 9.10. The Labute approximate surface area is 136 Å². The van der Waals surface area contributed by atoms with E-state index < -0.39 is 0 Å². The topological polar surface area (TPSA) is 24.9 Å². The first kappa shape index (κ1) is 16.7. The van der Waals surface area contributed by atoms with Gasteiger partial charge in [0.15, 0.2) is 0 Å². The van der Waals surface area contributed by atoms with Crippen molar-refractivity contribution in [3.63, 3.8) is 0 Å². The normalized spacial score (nSPS) is 17.1. The molecule has 0 unspecified atom stereocenters. The highest BCUT2D eigenvalue weighted by Gasteiger charge is 2.12.